The first kappa shape index (κ1) is 12.7. The molecule has 0 unspecified atom stereocenters. The largest absolute Gasteiger partial charge is 0.469 e. The Bertz CT molecular complexity index is 538. The normalized spacial score (nSPS) is 10.4. The number of carbonyl (C=O) groups excluding carboxylic acids is 1. The Labute approximate surface area is 111 Å². The number of hydrogen-bond donors (Lipinski definition) is 1. The third-order valence-corrected chi connectivity index (χ3v) is 3.00. The minimum absolute atomic E-state index is 0.117. The van der Waals surface area contributed by atoms with Crippen LogP contribution in [0, 0.1) is 13.8 Å². The van der Waals surface area contributed by atoms with Gasteiger partial charge in [-0.15, -0.1) is 0 Å². The van der Waals surface area contributed by atoms with Gasteiger partial charge in [0.05, 0.1) is 11.8 Å². The molecule has 18 heavy (non-hydrogen) atoms. The van der Waals surface area contributed by atoms with Crippen LogP contribution in [0.15, 0.2) is 34.9 Å². The molecule has 2 aromatic rings. The van der Waals surface area contributed by atoms with E-state index in [-0.39, 0.29) is 5.91 Å². The van der Waals surface area contributed by atoms with E-state index in [1.54, 1.807) is 25.3 Å². The number of halogens is 1. The number of carbonyl (C=O) groups is 1. The smallest absolute Gasteiger partial charge is 0.255 e. The fourth-order valence-electron chi connectivity index (χ4n) is 1.78. The van der Waals surface area contributed by atoms with Crippen LogP contribution >= 0.6 is 11.6 Å². The van der Waals surface area contributed by atoms with Crippen LogP contribution in [-0.2, 0) is 6.54 Å². The summed E-state index contributed by atoms with van der Waals surface area (Å²) < 4.78 is 5.21. The topological polar surface area (TPSA) is 42.2 Å². The lowest BCUT2D eigenvalue weighted by Crippen LogP contribution is -2.23. The number of rotatable bonds is 3. The Morgan fingerprint density at radius 1 is 1.28 bits per heavy atom. The van der Waals surface area contributed by atoms with E-state index in [2.05, 4.69) is 5.32 Å². The second-order valence-corrected chi connectivity index (χ2v) is 4.60. The van der Waals surface area contributed by atoms with Crippen molar-refractivity contribution in [2.24, 2.45) is 0 Å². The van der Waals surface area contributed by atoms with Gasteiger partial charge in [-0.2, -0.15) is 0 Å². The van der Waals surface area contributed by atoms with Crippen molar-refractivity contribution in [1.29, 1.82) is 0 Å². The van der Waals surface area contributed by atoms with Gasteiger partial charge in [-0.3, -0.25) is 4.79 Å². The van der Waals surface area contributed by atoms with Crippen molar-refractivity contribution in [3.63, 3.8) is 0 Å². The molecule has 0 fully saturated rings. The van der Waals surface area contributed by atoms with E-state index in [9.17, 15) is 4.79 Å². The molecule has 1 N–H and O–H groups in total. The Hall–Kier alpha value is -1.74. The fraction of sp³-hybridized carbons (Fsp3) is 0.214. The molecule has 0 saturated heterocycles. The average molecular weight is 264 g/mol. The zero-order valence-electron chi connectivity index (χ0n) is 10.3. The minimum Gasteiger partial charge on any atom is -0.469 e. The van der Waals surface area contributed by atoms with Crippen molar-refractivity contribution in [1.82, 2.24) is 5.32 Å². The third-order valence-electron chi connectivity index (χ3n) is 2.75. The van der Waals surface area contributed by atoms with Crippen LogP contribution in [0.5, 0.6) is 0 Å². The first-order valence-corrected chi connectivity index (χ1v) is 6.03. The van der Waals surface area contributed by atoms with Crippen LogP contribution in [0.4, 0.5) is 0 Å². The molecule has 0 aliphatic rings. The van der Waals surface area contributed by atoms with Gasteiger partial charge in [-0.05, 0) is 31.5 Å². The number of amides is 1. The minimum atomic E-state index is -0.117. The highest BCUT2D eigenvalue weighted by molar-refractivity contribution is 6.30. The van der Waals surface area contributed by atoms with Crippen LogP contribution in [0.1, 0.15) is 27.2 Å². The zero-order valence-corrected chi connectivity index (χ0v) is 11.0. The van der Waals surface area contributed by atoms with Gasteiger partial charge in [-0.1, -0.05) is 23.7 Å². The van der Waals surface area contributed by atoms with E-state index in [0.29, 0.717) is 22.9 Å². The Morgan fingerprint density at radius 3 is 2.50 bits per heavy atom. The summed E-state index contributed by atoms with van der Waals surface area (Å²) in [5, 5.41) is 3.55. The summed E-state index contributed by atoms with van der Waals surface area (Å²) in [6.45, 7) is 4.11. The molecule has 0 radical (unpaired) electrons. The van der Waals surface area contributed by atoms with Gasteiger partial charge < -0.3 is 9.73 Å². The van der Waals surface area contributed by atoms with E-state index in [1.165, 1.54) is 0 Å². The summed E-state index contributed by atoms with van der Waals surface area (Å²) in [6.07, 6.45) is 1.59. The lowest BCUT2D eigenvalue weighted by Gasteiger charge is -2.05. The highest BCUT2D eigenvalue weighted by atomic mass is 35.5. The monoisotopic (exact) mass is 263 g/mol. The molecule has 0 saturated carbocycles. The van der Waals surface area contributed by atoms with E-state index in [4.69, 9.17) is 16.0 Å². The van der Waals surface area contributed by atoms with Gasteiger partial charge >= 0.3 is 0 Å². The van der Waals surface area contributed by atoms with Gasteiger partial charge in [-0.25, -0.2) is 0 Å². The fourth-order valence-corrected chi connectivity index (χ4v) is 1.91. The van der Waals surface area contributed by atoms with E-state index >= 15 is 0 Å². The van der Waals surface area contributed by atoms with Crippen molar-refractivity contribution in [2.45, 2.75) is 20.4 Å². The second-order valence-electron chi connectivity index (χ2n) is 4.16. The number of hydrogen-bond acceptors (Lipinski definition) is 2. The Kier molecular flexibility index (Phi) is 3.72. The van der Waals surface area contributed by atoms with Crippen LogP contribution in [0.2, 0.25) is 5.02 Å². The number of aryl methyl sites for hydroxylation is 2. The predicted molar refractivity (Wildman–Crippen MR) is 70.8 cm³/mol. The Morgan fingerprint density at radius 2 is 1.94 bits per heavy atom. The molecule has 4 heteroatoms. The van der Waals surface area contributed by atoms with Gasteiger partial charge in [0, 0.05) is 17.1 Å². The summed E-state index contributed by atoms with van der Waals surface area (Å²) >= 11 is 5.80. The highest BCUT2D eigenvalue weighted by Gasteiger charge is 2.14. The molecule has 3 nitrogen and oxygen atoms in total. The van der Waals surface area contributed by atoms with Crippen molar-refractivity contribution < 1.29 is 9.21 Å². The summed E-state index contributed by atoms with van der Waals surface area (Å²) in [6, 6.07) is 7.38. The van der Waals surface area contributed by atoms with E-state index in [1.807, 2.05) is 19.1 Å². The maximum Gasteiger partial charge on any atom is 0.255 e. The SMILES string of the molecule is Cc1coc(C)c1C(=O)NCc1ccc(Cl)cc1. The molecule has 1 heterocycles. The van der Waals surface area contributed by atoms with E-state index < -0.39 is 0 Å². The molecule has 0 aliphatic heterocycles. The molecule has 1 amide bonds. The summed E-state index contributed by atoms with van der Waals surface area (Å²) in [4.78, 5) is 12.0. The highest BCUT2D eigenvalue weighted by Crippen LogP contribution is 2.15. The van der Waals surface area contributed by atoms with Crippen LogP contribution in [0.3, 0.4) is 0 Å². The van der Waals surface area contributed by atoms with Crippen molar-refractivity contribution in [2.75, 3.05) is 0 Å². The molecular weight excluding hydrogens is 250 g/mol. The van der Waals surface area contributed by atoms with Crippen LogP contribution < -0.4 is 5.32 Å². The van der Waals surface area contributed by atoms with Gasteiger partial charge in [0.2, 0.25) is 0 Å². The summed E-state index contributed by atoms with van der Waals surface area (Å²) in [5.74, 6) is 0.523. The Balaban J connectivity index is 2.03. The molecule has 0 atom stereocenters. The second kappa shape index (κ2) is 5.27. The quantitative estimate of drug-likeness (QED) is 0.921. The molecule has 0 aliphatic carbocycles. The maximum atomic E-state index is 12.0. The first-order valence-electron chi connectivity index (χ1n) is 5.65. The lowest BCUT2D eigenvalue weighted by molar-refractivity contribution is 0.0949. The molecule has 94 valence electrons. The lowest BCUT2D eigenvalue weighted by atomic mass is 10.1. The maximum absolute atomic E-state index is 12.0. The number of benzene rings is 1. The van der Waals surface area contributed by atoms with Crippen LogP contribution in [-0.4, -0.2) is 5.91 Å². The van der Waals surface area contributed by atoms with Crippen LogP contribution in [0.25, 0.3) is 0 Å². The van der Waals surface area contributed by atoms with Gasteiger partial charge in [0.1, 0.15) is 5.76 Å². The van der Waals surface area contributed by atoms with Crippen molar-refractivity contribution in [3.8, 4) is 0 Å². The molecular formula is C14H14ClNO2. The first-order chi connectivity index (χ1) is 8.58. The molecule has 1 aromatic heterocycles. The predicted octanol–water partition coefficient (Wildman–Crippen LogP) is 3.48. The molecule has 0 bridgehead atoms. The van der Waals surface area contributed by atoms with Crippen molar-refractivity contribution in [3.05, 3.63) is 58.0 Å². The van der Waals surface area contributed by atoms with E-state index in [0.717, 1.165) is 11.1 Å². The molecule has 2 rings (SSSR count). The third kappa shape index (κ3) is 2.74. The molecule has 1 aromatic carbocycles. The number of nitrogens with one attached hydrogen (secondary N) is 1. The summed E-state index contributed by atoms with van der Waals surface area (Å²) in [7, 11) is 0. The zero-order chi connectivity index (χ0) is 13.1. The molecule has 0 spiro atoms. The number of furan rings is 1. The van der Waals surface area contributed by atoms with Crippen molar-refractivity contribution >= 4 is 17.5 Å². The average Bonchev–Trinajstić information content (AvgIpc) is 2.68. The standard InChI is InChI=1S/C14H14ClNO2/c1-9-8-18-10(2)13(9)14(17)16-7-11-3-5-12(15)6-4-11/h3-6,8H,7H2,1-2H3,(H,16,17). The summed E-state index contributed by atoms with van der Waals surface area (Å²) in [5.41, 5.74) is 2.47. The van der Waals surface area contributed by atoms with Gasteiger partial charge in [0.25, 0.3) is 5.91 Å². The van der Waals surface area contributed by atoms with Gasteiger partial charge in [0.15, 0.2) is 0 Å².